The van der Waals surface area contributed by atoms with Gasteiger partial charge in [0.25, 0.3) is 0 Å². The lowest BCUT2D eigenvalue weighted by Crippen LogP contribution is -2.02. The maximum atomic E-state index is 12.4. The summed E-state index contributed by atoms with van der Waals surface area (Å²) in [6.45, 7) is 2.02. The highest BCUT2D eigenvalue weighted by molar-refractivity contribution is 9.10. The van der Waals surface area contributed by atoms with Crippen LogP contribution < -0.4 is 5.63 Å². The van der Waals surface area contributed by atoms with E-state index in [0.717, 1.165) is 26.0 Å². The molecule has 0 radical (unpaired) electrons. The highest BCUT2D eigenvalue weighted by Crippen LogP contribution is 2.33. The van der Waals surface area contributed by atoms with Crippen LogP contribution in [0.4, 0.5) is 0 Å². The lowest BCUT2D eigenvalue weighted by atomic mass is 10.1. The van der Waals surface area contributed by atoms with Crippen molar-refractivity contribution in [3.63, 3.8) is 0 Å². The van der Waals surface area contributed by atoms with Gasteiger partial charge in [0.15, 0.2) is 0 Å². The topological polar surface area (TPSA) is 43.1 Å². The minimum atomic E-state index is -0.363. The molecule has 24 heavy (non-hydrogen) atoms. The van der Waals surface area contributed by atoms with E-state index in [0.29, 0.717) is 16.2 Å². The molecule has 0 aliphatic carbocycles. The van der Waals surface area contributed by atoms with Crippen LogP contribution >= 0.6 is 27.3 Å². The zero-order valence-electron chi connectivity index (χ0n) is 12.7. The van der Waals surface area contributed by atoms with Crippen LogP contribution in [-0.2, 0) is 0 Å². The first-order valence-electron chi connectivity index (χ1n) is 7.38. The zero-order chi connectivity index (χ0) is 16.7. The van der Waals surface area contributed by atoms with Crippen molar-refractivity contribution in [1.29, 1.82) is 0 Å². The molecule has 0 spiro atoms. The van der Waals surface area contributed by atoms with E-state index in [9.17, 15) is 4.79 Å². The number of fused-ring (bicyclic) bond motifs is 1. The smallest absolute Gasteiger partial charge is 0.346 e. The number of thiazole rings is 1. The summed E-state index contributed by atoms with van der Waals surface area (Å²) in [7, 11) is 0. The lowest BCUT2D eigenvalue weighted by molar-refractivity contribution is 0.563. The average Bonchev–Trinajstić information content (AvgIpc) is 2.97. The molecule has 4 aromatic rings. The largest absolute Gasteiger partial charge is 0.422 e. The van der Waals surface area contributed by atoms with Crippen LogP contribution in [0, 0.1) is 6.92 Å². The number of aromatic nitrogens is 1. The SMILES string of the molecule is Cc1sc(-c2cc3cc(Br)ccc3oc2=O)nc1-c1ccccc1. The molecule has 3 nitrogen and oxygen atoms in total. The van der Waals surface area contributed by atoms with Gasteiger partial charge in [0, 0.05) is 20.3 Å². The maximum absolute atomic E-state index is 12.4. The van der Waals surface area contributed by atoms with Crippen molar-refractivity contribution in [3.8, 4) is 21.8 Å². The molecule has 5 heteroatoms. The van der Waals surface area contributed by atoms with E-state index < -0.39 is 0 Å². The molecule has 0 saturated carbocycles. The third-order valence-electron chi connectivity index (χ3n) is 3.77. The second-order valence-electron chi connectivity index (χ2n) is 5.42. The van der Waals surface area contributed by atoms with Crippen molar-refractivity contribution < 1.29 is 4.42 Å². The molecule has 118 valence electrons. The van der Waals surface area contributed by atoms with Crippen molar-refractivity contribution >= 4 is 38.2 Å². The Labute approximate surface area is 150 Å². The fraction of sp³-hybridized carbons (Fsp3) is 0.0526. The zero-order valence-corrected chi connectivity index (χ0v) is 15.1. The molecule has 2 heterocycles. The number of nitrogens with zero attached hydrogens (tertiary/aromatic N) is 1. The fourth-order valence-electron chi connectivity index (χ4n) is 2.62. The Hall–Kier alpha value is -2.24. The lowest BCUT2D eigenvalue weighted by Gasteiger charge is -2.00. The van der Waals surface area contributed by atoms with E-state index in [1.807, 2.05) is 55.5 Å². The molecule has 0 saturated heterocycles. The highest BCUT2D eigenvalue weighted by Gasteiger charge is 2.15. The van der Waals surface area contributed by atoms with Gasteiger partial charge in [0.05, 0.1) is 11.3 Å². The van der Waals surface area contributed by atoms with Crippen molar-refractivity contribution in [3.05, 3.63) is 74.4 Å². The maximum Gasteiger partial charge on any atom is 0.346 e. The second-order valence-corrected chi connectivity index (χ2v) is 7.54. The fourth-order valence-corrected chi connectivity index (χ4v) is 3.94. The van der Waals surface area contributed by atoms with E-state index >= 15 is 0 Å². The first kappa shape index (κ1) is 15.3. The summed E-state index contributed by atoms with van der Waals surface area (Å²) in [5, 5.41) is 1.55. The molecule has 0 atom stereocenters. The predicted molar refractivity (Wildman–Crippen MR) is 101 cm³/mol. The standard InChI is InChI=1S/C19H12BrNO2S/c1-11-17(12-5-3-2-4-6-12)21-18(24-11)15-10-13-9-14(20)7-8-16(13)23-19(15)22/h2-10H,1H3. The molecule has 2 aromatic carbocycles. The summed E-state index contributed by atoms with van der Waals surface area (Å²) in [5.41, 5.74) is 2.66. The molecule has 0 fully saturated rings. The van der Waals surface area contributed by atoms with Crippen LogP contribution in [0.5, 0.6) is 0 Å². The normalized spacial score (nSPS) is 11.1. The first-order chi connectivity index (χ1) is 11.6. The summed E-state index contributed by atoms with van der Waals surface area (Å²) < 4.78 is 6.39. The van der Waals surface area contributed by atoms with Gasteiger partial charge in [-0.15, -0.1) is 11.3 Å². The van der Waals surface area contributed by atoms with E-state index in [2.05, 4.69) is 20.9 Å². The number of rotatable bonds is 2. The molecule has 0 unspecified atom stereocenters. The second kappa shape index (κ2) is 6.00. The molecule has 0 N–H and O–H groups in total. The van der Waals surface area contributed by atoms with Crippen LogP contribution in [0.1, 0.15) is 4.88 Å². The summed E-state index contributed by atoms with van der Waals surface area (Å²) >= 11 is 4.95. The molecular weight excluding hydrogens is 386 g/mol. The highest BCUT2D eigenvalue weighted by atomic mass is 79.9. The van der Waals surface area contributed by atoms with Gasteiger partial charge < -0.3 is 4.42 Å². The summed E-state index contributed by atoms with van der Waals surface area (Å²) in [6, 6.07) is 17.4. The third kappa shape index (κ3) is 2.70. The van der Waals surface area contributed by atoms with Crippen molar-refractivity contribution in [2.45, 2.75) is 6.92 Å². The van der Waals surface area contributed by atoms with Gasteiger partial charge in [0.1, 0.15) is 10.6 Å². The predicted octanol–water partition coefficient (Wildman–Crippen LogP) is 5.65. The molecule has 2 aromatic heterocycles. The Kier molecular flexibility index (Phi) is 3.82. The van der Waals surface area contributed by atoms with Gasteiger partial charge in [0.2, 0.25) is 0 Å². The van der Waals surface area contributed by atoms with E-state index in [1.165, 1.54) is 11.3 Å². The molecular formula is C19H12BrNO2S. The van der Waals surface area contributed by atoms with E-state index in [-0.39, 0.29) is 5.63 Å². The Bertz CT molecular complexity index is 1100. The Morgan fingerprint density at radius 1 is 1.08 bits per heavy atom. The quantitative estimate of drug-likeness (QED) is 0.410. The summed E-state index contributed by atoms with van der Waals surface area (Å²) in [5.74, 6) is 0. The van der Waals surface area contributed by atoms with Crippen LogP contribution in [0.2, 0.25) is 0 Å². The van der Waals surface area contributed by atoms with Gasteiger partial charge in [-0.2, -0.15) is 0 Å². The number of hydrogen-bond donors (Lipinski definition) is 0. The molecule has 0 aliphatic rings. The summed E-state index contributed by atoms with van der Waals surface area (Å²) in [6.07, 6.45) is 0. The van der Waals surface area contributed by atoms with Crippen molar-refractivity contribution in [2.24, 2.45) is 0 Å². The van der Waals surface area contributed by atoms with Crippen LogP contribution in [0.25, 0.3) is 32.8 Å². The Morgan fingerprint density at radius 2 is 1.88 bits per heavy atom. The number of hydrogen-bond acceptors (Lipinski definition) is 4. The molecule has 4 rings (SSSR count). The van der Waals surface area contributed by atoms with Crippen LogP contribution in [0.15, 0.2) is 68.3 Å². The summed E-state index contributed by atoms with van der Waals surface area (Å²) in [4.78, 5) is 18.1. The van der Waals surface area contributed by atoms with E-state index in [1.54, 1.807) is 6.07 Å². The minimum Gasteiger partial charge on any atom is -0.422 e. The van der Waals surface area contributed by atoms with Gasteiger partial charge in [-0.1, -0.05) is 46.3 Å². The van der Waals surface area contributed by atoms with E-state index in [4.69, 9.17) is 4.42 Å². The van der Waals surface area contributed by atoms with Gasteiger partial charge >= 0.3 is 5.63 Å². The number of benzene rings is 2. The number of halogens is 1. The monoisotopic (exact) mass is 397 g/mol. The average molecular weight is 398 g/mol. The van der Waals surface area contributed by atoms with Gasteiger partial charge in [-0.25, -0.2) is 9.78 Å². The Morgan fingerprint density at radius 3 is 2.67 bits per heavy atom. The molecule has 0 amide bonds. The minimum absolute atomic E-state index is 0.363. The van der Waals surface area contributed by atoms with Gasteiger partial charge in [-0.05, 0) is 31.2 Å². The van der Waals surface area contributed by atoms with Crippen molar-refractivity contribution in [2.75, 3.05) is 0 Å². The van der Waals surface area contributed by atoms with Gasteiger partial charge in [-0.3, -0.25) is 0 Å². The first-order valence-corrected chi connectivity index (χ1v) is 8.99. The third-order valence-corrected chi connectivity index (χ3v) is 5.27. The van der Waals surface area contributed by atoms with Crippen molar-refractivity contribution in [1.82, 2.24) is 4.98 Å². The molecule has 0 bridgehead atoms. The Balaban J connectivity index is 1.89. The van der Waals surface area contributed by atoms with Crippen LogP contribution in [0.3, 0.4) is 0 Å². The van der Waals surface area contributed by atoms with Crippen LogP contribution in [-0.4, -0.2) is 4.98 Å². The number of aryl methyl sites for hydroxylation is 1. The molecule has 0 aliphatic heterocycles.